The van der Waals surface area contributed by atoms with Crippen molar-refractivity contribution in [1.29, 1.82) is 0 Å². The highest BCUT2D eigenvalue weighted by Gasteiger charge is 2.25. The van der Waals surface area contributed by atoms with Gasteiger partial charge in [-0.2, -0.15) is 5.10 Å². The van der Waals surface area contributed by atoms with Crippen molar-refractivity contribution in [2.75, 3.05) is 0 Å². The first kappa shape index (κ1) is 11.9. The van der Waals surface area contributed by atoms with E-state index < -0.39 is 0 Å². The molecular formula is C14H19N3. The lowest BCUT2D eigenvalue weighted by Gasteiger charge is -2.27. The number of para-hydroxylation sites is 1. The fourth-order valence-electron chi connectivity index (χ4n) is 1.78. The van der Waals surface area contributed by atoms with Crippen LogP contribution < -0.4 is 5.73 Å². The monoisotopic (exact) mass is 229 g/mol. The standard InChI is InChI=1S/C14H19N3/c1-14(2,3)13(15)12-9-10-16-17(12)11-7-5-4-6-8-11/h4-10,13H,15H2,1-3H3. The number of aromatic nitrogens is 2. The molecule has 0 aliphatic rings. The summed E-state index contributed by atoms with van der Waals surface area (Å²) in [4.78, 5) is 0. The maximum atomic E-state index is 6.29. The zero-order valence-electron chi connectivity index (χ0n) is 10.6. The average Bonchev–Trinajstić information content (AvgIpc) is 2.76. The Bertz CT molecular complexity index is 480. The van der Waals surface area contributed by atoms with E-state index in [9.17, 15) is 0 Å². The van der Waals surface area contributed by atoms with Crippen LogP contribution in [-0.2, 0) is 0 Å². The van der Waals surface area contributed by atoms with Crippen LogP contribution in [0.2, 0.25) is 0 Å². The Morgan fingerprint density at radius 3 is 2.35 bits per heavy atom. The lowest BCUT2D eigenvalue weighted by atomic mass is 9.85. The van der Waals surface area contributed by atoms with Gasteiger partial charge >= 0.3 is 0 Å². The van der Waals surface area contributed by atoms with E-state index in [2.05, 4.69) is 25.9 Å². The Morgan fingerprint density at radius 1 is 1.12 bits per heavy atom. The lowest BCUT2D eigenvalue weighted by Crippen LogP contribution is -2.28. The van der Waals surface area contributed by atoms with Crippen molar-refractivity contribution in [3.63, 3.8) is 0 Å². The zero-order valence-corrected chi connectivity index (χ0v) is 10.6. The molecule has 2 rings (SSSR count). The van der Waals surface area contributed by atoms with E-state index in [1.165, 1.54) is 0 Å². The van der Waals surface area contributed by atoms with Crippen molar-refractivity contribution in [3.05, 3.63) is 48.3 Å². The van der Waals surface area contributed by atoms with Gasteiger partial charge in [0.2, 0.25) is 0 Å². The van der Waals surface area contributed by atoms with E-state index >= 15 is 0 Å². The molecule has 0 spiro atoms. The van der Waals surface area contributed by atoms with Gasteiger partial charge in [0.1, 0.15) is 0 Å². The Balaban J connectivity index is 2.43. The van der Waals surface area contributed by atoms with Crippen LogP contribution in [0.4, 0.5) is 0 Å². The second-order valence-corrected chi connectivity index (χ2v) is 5.35. The molecule has 0 aliphatic carbocycles. The molecule has 3 heteroatoms. The number of rotatable bonds is 2. The summed E-state index contributed by atoms with van der Waals surface area (Å²) in [5.41, 5.74) is 8.41. The molecule has 1 unspecified atom stereocenters. The Hall–Kier alpha value is -1.61. The Labute approximate surface area is 102 Å². The highest BCUT2D eigenvalue weighted by Crippen LogP contribution is 2.31. The molecule has 1 aromatic carbocycles. The third-order valence-electron chi connectivity index (χ3n) is 2.92. The third kappa shape index (κ3) is 2.39. The summed E-state index contributed by atoms with van der Waals surface area (Å²) < 4.78 is 1.91. The van der Waals surface area contributed by atoms with Crippen molar-refractivity contribution in [2.45, 2.75) is 26.8 Å². The van der Waals surface area contributed by atoms with Crippen molar-refractivity contribution in [2.24, 2.45) is 11.1 Å². The first-order chi connectivity index (χ1) is 8.00. The maximum Gasteiger partial charge on any atom is 0.0649 e. The van der Waals surface area contributed by atoms with E-state index in [0.29, 0.717) is 0 Å². The molecule has 0 aliphatic heterocycles. The third-order valence-corrected chi connectivity index (χ3v) is 2.92. The topological polar surface area (TPSA) is 43.8 Å². The summed E-state index contributed by atoms with van der Waals surface area (Å²) >= 11 is 0. The van der Waals surface area contributed by atoms with E-state index in [1.54, 1.807) is 6.20 Å². The second kappa shape index (κ2) is 4.34. The summed E-state index contributed by atoms with van der Waals surface area (Å²) in [6.45, 7) is 6.42. The van der Waals surface area contributed by atoms with Gasteiger partial charge in [0.05, 0.1) is 17.4 Å². The Morgan fingerprint density at radius 2 is 1.76 bits per heavy atom. The minimum Gasteiger partial charge on any atom is -0.322 e. The van der Waals surface area contributed by atoms with Crippen LogP contribution in [0.1, 0.15) is 32.5 Å². The number of hydrogen-bond donors (Lipinski definition) is 1. The van der Waals surface area contributed by atoms with Crippen LogP contribution in [0.3, 0.4) is 0 Å². The van der Waals surface area contributed by atoms with Crippen LogP contribution in [0.5, 0.6) is 0 Å². The smallest absolute Gasteiger partial charge is 0.0649 e. The fraction of sp³-hybridized carbons (Fsp3) is 0.357. The van der Waals surface area contributed by atoms with Crippen molar-refractivity contribution >= 4 is 0 Å². The van der Waals surface area contributed by atoms with Crippen molar-refractivity contribution in [1.82, 2.24) is 9.78 Å². The second-order valence-electron chi connectivity index (χ2n) is 5.35. The van der Waals surface area contributed by atoms with E-state index in [4.69, 9.17) is 5.73 Å². The molecule has 1 atom stereocenters. The van der Waals surface area contributed by atoms with Gasteiger partial charge in [-0.1, -0.05) is 39.0 Å². The van der Waals surface area contributed by atoms with Gasteiger partial charge in [-0.3, -0.25) is 0 Å². The van der Waals surface area contributed by atoms with E-state index in [0.717, 1.165) is 11.4 Å². The SMILES string of the molecule is CC(C)(C)C(N)c1ccnn1-c1ccccc1. The summed E-state index contributed by atoms with van der Waals surface area (Å²) in [7, 11) is 0. The van der Waals surface area contributed by atoms with E-state index in [1.807, 2.05) is 41.1 Å². The van der Waals surface area contributed by atoms with Crippen LogP contribution in [0.15, 0.2) is 42.6 Å². The molecule has 17 heavy (non-hydrogen) atoms. The molecule has 90 valence electrons. The van der Waals surface area contributed by atoms with Gasteiger partial charge in [-0.05, 0) is 23.6 Å². The summed E-state index contributed by atoms with van der Waals surface area (Å²) in [5, 5.41) is 4.36. The first-order valence-corrected chi connectivity index (χ1v) is 5.85. The average molecular weight is 229 g/mol. The molecule has 0 fully saturated rings. The Kier molecular flexibility index (Phi) is 3.03. The molecule has 0 amide bonds. The molecular weight excluding hydrogens is 210 g/mol. The minimum absolute atomic E-state index is 0.0204. The maximum absolute atomic E-state index is 6.29. The van der Waals surface area contributed by atoms with Crippen molar-refractivity contribution < 1.29 is 0 Å². The summed E-state index contributed by atoms with van der Waals surface area (Å²) in [6, 6.07) is 12.0. The van der Waals surface area contributed by atoms with Gasteiger partial charge < -0.3 is 5.73 Å². The van der Waals surface area contributed by atoms with Gasteiger partial charge in [0, 0.05) is 6.20 Å². The molecule has 0 saturated carbocycles. The largest absolute Gasteiger partial charge is 0.322 e. The predicted molar refractivity (Wildman–Crippen MR) is 69.9 cm³/mol. The first-order valence-electron chi connectivity index (χ1n) is 5.85. The molecule has 3 nitrogen and oxygen atoms in total. The van der Waals surface area contributed by atoms with E-state index in [-0.39, 0.29) is 11.5 Å². The normalized spacial score (nSPS) is 13.6. The van der Waals surface area contributed by atoms with Gasteiger partial charge in [-0.15, -0.1) is 0 Å². The highest BCUT2D eigenvalue weighted by atomic mass is 15.3. The van der Waals surface area contributed by atoms with Crippen LogP contribution in [0.25, 0.3) is 5.69 Å². The summed E-state index contributed by atoms with van der Waals surface area (Å²) in [6.07, 6.45) is 1.80. The predicted octanol–water partition coefficient (Wildman–Crippen LogP) is 2.92. The zero-order chi connectivity index (χ0) is 12.5. The van der Waals surface area contributed by atoms with Gasteiger partial charge in [0.15, 0.2) is 0 Å². The molecule has 0 radical (unpaired) electrons. The van der Waals surface area contributed by atoms with Gasteiger partial charge in [-0.25, -0.2) is 4.68 Å². The van der Waals surface area contributed by atoms with Crippen LogP contribution >= 0.6 is 0 Å². The van der Waals surface area contributed by atoms with Crippen LogP contribution in [-0.4, -0.2) is 9.78 Å². The highest BCUT2D eigenvalue weighted by molar-refractivity contribution is 5.33. The molecule has 2 N–H and O–H groups in total. The van der Waals surface area contributed by atoms with Gasteiger partial charge in [0.25, 0.3) is 0 Å². The fourth-order valence-corrected chi connectivity index (χ4v) is 1.78. The summed E-state index contributed by atoms with van der Waals surface area (Å²) in [5.74, 6) is 0. The molecule has 2 aromatic rings. The number of nitrogens with two attached hydrogens (primary N) is 1. The quantitative estimate of drug-likeness (QED) is 0.860. The number of nitrogens with zero attached hydrogens (tertiary/aromatic N) is 2. The molecule has 0 saturated heterocycles. The molecule has 1 heterocycles. The van der Waals surface area contributed by atoms with Crippen LogP contribution in [0, 0.1) is 5.41 Å². The minimum atomic E-state index is -0.0368. The number of hydrogen-bond acceptors (Lipinski definition) is 2. The van der Waals surface area contributed by atoms with Crippen molar-refractivity contribution in [3.8, 4) is 5.69 Å². The molecule has 0 bridgehead atoms. The number of benzene rings is 1. The molecule has 1 aromatic heterocycles. The lowest BCUT2D eigenvalue weighted by molar-refractivity contribution is 0.317.